The Morgan fingerprint density at radius 1 is 0.625 bits per heavy atom. The van der Waals surface area contributed by atoms with Crippen molar-refractivity contribution in [2.24, 2.45) is 0 Å². The molecule has 1 atom stereocenters. The number of allylic oxidation sites excluding steroid dienone is 2. The lowest BCUT2D eigenvalue weighted by atomic mass is 9.67. The van der Waals surface area contributed by atoms with Gasteiger partial charge >= 0.3 is 0 Å². The average molecular weight is 738 g/mol. The molecule has 56 heavy (non-hydrogen) atoms. The Kier molecular flexibility index (Phi) is 12.0. The molecule has 0 radical (unpaired) electrons. The summed E-state index contributed by atoms with van der Waals surface area (Å²) in [6, 6.07) is 34.3. The summed E-state index contributed by atoms with van der Waals surface area (Å²) in [6.45, 7) is 21.0. The van der Waals surface area contributed by atoms with Gasteiger partial charge < -0.3 is 15.2 Å². The molecule has 0 bridgehead atoms. The van der Waals surface area contributed by atoms with Crippen LogP contribution in [0.25, 0.3) is 58.9 Å². The minimum atomic E-state index is -0.716. The lowest BCUT2D eigenvalue weighted by molar-refractivity contribution is -0.115. The number of Topliss-reactive ketones (excluding diaryl/α,β-unsaturated/α-hetero) is 1. The predicted octanol–water partition coefficient (Wildman–Crippen LogP) is 13.3. The first kappa shape index (κ1) is 38.6. The van der Waals surface area contributed by atoms with E-state index < -0.39 is 5.92 Å². The van der Waals surface area contributed by atoms with Gasteiger partial charge in [0, 0.05) is 53.9 Å². The highest BCUT2D eigenvalue weighted by molar-refractivity contribution is 6.37. The molecule has 0 aliphatic heterocycles. The third kappa shape index (κ3) is 7.23. The minimum absolute atomic E-state index is 0.0133. The second kappa shape index (κ2) is 17.4. The molecule has 5 heteroatoms. The zero-order chi connectivity index (χ0) is 39.2. The number of anilines is 2. The minimum Gasteiger partial charge on any atom is -0.775 e. The first-order valence-electron chi connectivity index (χ1n) is 20.8. The van der Waals surface area contributed by atoms with Crippen LogP contribution in [-0.4, -0.2) is 37.8 Å². The van der Waals surface area contributed by atoms with Gasteiger partial charge in [0.2, 0.25) is 5.70 Å². The molecular formula is C51H53N4O-. The quantitative estimate of drug-likeness (QED) is 0.0532. The van der Waals surface area contributed by atoms with Crippen molar-refractivity contribution in [2.45, 2.75) is 85.0 Å². The zero-order valence-electron chi connectivity index (χ0n) is 33.5. The molecule has 0 N–H and O–H groups in total. The second-order valence-electron chi connectivity index (χ2n) is 15.3. The smallest absolute Gasteiger partial charge is 0.210 e. The summed E-state index contributed by atoms with van der Waals surface area (Å²) >= 11 is 0. The fourth-order valence-corrected chi connectivity index (χ4v) is 8.63. The highest BCUT2D eigenvalue weighted by Crippen LogP contribution is 2.52. The summed E-state index contributed by atoms with van der Waals surface area (Å²) in [7, 11) is 0. The molecule has 284 valence electrons. The van der Waals surface area contributed by atoms with E-state index in [0.717, 1.165) is 132 Å². The van der Waals surface area contributed by atoms with Gasteiger partial charge in [-0.05, 0) is 111 Å². The summed E-state index contributed by atoms with van der Waals surface area (Å²) in [5, 5.41) is 19.2. The van der Waals surface area contributed by atoms with E-state index in [-0.39, 0.29) is 11.5 Å². The zero-order valence-corrected chi connectivity index (χ0v) is 33.5. The summed E-state index contributed by atoms with van der Waals surface area (Å²) < 4.78 is 0. The maximum Gasteiger partial charge on any atom is 0.210 e. The second-order valence-corrected chi connectivity index (χ2v) is 15.3. The van der Waals surface area contributed by atoms with Crippen LogP contribution in [0.15, 0.2) is 108 Å². The molecule has 0 amide bonds. The lowest BCUT2D eigenvalue weighted by Crippen LogP contribution is -2.30. The Morgan fingerprint density at radius 3 is 1.50 bits per heavy atom. The van der Waals surface area contributed by atoms with E-state index in [1.807, 2.05) is 6.07 Å². The van der Waals surface area contributed by atoms with Crippen molar-refractivity contribution in [2.75, 3.05) is 36.0 Å². The molecule has 1 aliphatic rings. The van der Waals surface area contributed by atoms with E-state index >= 15 is 4.79 Å². The maximum atomic E-state index is 15.0. The number of carbonyl (C=O) groups is 1. The Morgan fingerprint density at radius 2 is 1.05 bits per heavy atom. The Balaban J connectivity index is 1.47. The van der Waals surface area contributed by atoms with E-state index in [9.17, 15) is 5.41 Å². The molecule has 0 saturated heterocycles. The molecule has 0 heterocycles. The number of unbranched alkanes of at least 4 members (excludes halogenated alkanes) is 4. The normalized spacial score (nSPS) is 14.0. The van der Waals surface area contributed by atoms with Gasteiger partial charge in [0.1, 0.15) is 0 Å². The van der Waals surface area contributed by atoms with Crippen molar-refractivity contribution in [3.05, 3.63) is 136 Å². The number of fused-ring (bicyclic) bond motifs is 4. The van der Waals surface area contributed by atoms with Crippen LogP contribution >= 0.6 is 0 Å². The van der Waals surface area contributed by atoms with Gasteiger partial charge in [0.15, 0.2) is 5.78 Å². The van der Waals surface area contributed by atoms with Crippen molar-refractivity contribution in [3.63, 3.8) is 0 Å². The maximum absolute atomic E-state index is 15.0. The number of rotatable bonds is 17. The van der Waals surface area contributed by atoms with Gasteiger partial charge in [-0.15, -0.1) is 0 Å². The Bertz CT molecular complexity index is 2530. The standard InChI is InChI=1S/C51H53N4O/c1-6-10-26-54(27-11-7-2)46-24-22-39(41-30-35-18-14-16-20-37(35)32-43(41)46)48-50(45(34-52)53-5)49(51(48)56)40-23-25-47(55(28-12-8-3)29-13-9-4)44-33-38-21-17-15-19-36(38)31-42(40)44/h14-25,30-33,48H,6-13,26-29H2,1-4H3/q-1. The van der Waals surface area contributed by atoms with Crippen LogP contribution in [0.2, 0.25) is 0 Å². The molecule has 1 unspecified atom stereocenters. The van der Waals surface area contributed by atoms with Crippen LogP contribution in [-0.2, 0) is 4.79 Å². The van der Waals surface area contributed by atoms with Gasteiger partial charge in [-0.1, -0.05) is 114 Å². The van der Waals surface area contributed by atoms with Gasteiger partial charge in [-0.25, -0.2) is 4.85 Å². The van der Waals surface area contributed by atoms with Gasteiger partial charge in [-0.3, -0.25) is 10.7 Å². The molecule has 0 fully saturated rings. The highest BCUT2D eigenvalue weighted by Gasteiger charge is 2.43. The van der Waals surface area contributed by atoms with Crippen LogP contribution in [0.5, 0.6) is 0 Å². The van der Waals surface area contributed by atoms with Crippen LogP contribution in [0.3, 0.4) is 0 Å². The Labute approximate surface area is 332 Å². The van der Waals surface area contributed by atoms with Crippen molar-refractivity contribution in [1.29, 1.82) is 0 Å². The van der Waals surface area contributed by atoms with Gasteiger partial charge in [0.05, 0.1) is 12.5 Å². The number of nitrogens with zero attached hydrogens (tertiary/aromatic N) is 4. The summed E-state index contributed by atoms with van der Waals surface area (Å²) in [6.07, 6.45) is 8.83. The molecule has 6 aromatic rings. The summed E-state index contributed by atoms with van der Waals surface area (Å²) in [5.41, 5.74) is 5.02. The number of hydrogen-bond donors (Lipinski definition) is 0. The van der Waals surface area contributed by atoms with Crippen molar-refractivity contribution in [1.82, 2.24) is 0 Å². The molecule has 0 spiro atoms. The van der Waals surface area contributed by atoms with E-state index in [1.54, 1.807) is 0 Å². The monoisotopic (exact) mass is 737 g/mol. The van der Waals surface area contributed by atoms with E-state index in [2.05, 4.69) is 139 Å². The lowest BCUT2D eigenvalue weighted by Gasteiger charge is -2.35. The van der Waals surface area contributed by atoms with Crippen LogP contribution in [0.1, 0.15) is 96.1 Å². The number of ketones is 1. The largest absolute Gasteiger partial charge is 0.775 e. The van der Waals surface area contributed by atoms with Crippen molar-refractivity contribution < 1.29 is 4.79 Å². The average Bonchev–Trinajstić information content (AvgIpc) is 3.23. The van der Waals surface area contributed by atoms with Crippen LogP contribution in [0.4, 0.5) is 11.4 Å². The van der Waals surface area contributed by atoms with E-state index in [0.29, 0.717) is 11.1 Å². The first-order chi connectivity index (χ1) is 27.5. The van der Waals surface area contributed by atoms with Gasteiger partial charge in [-0.2, -0.15) is 0 Å². The SMILES string of the molecule is [C-]#[N+]C(=C=[N-])C1=C(c2ccc(N(CCCC)CCCC)c3cc4ccccc4cc23)C(=O)C1c1ccc(N(CCCC)CCCC)c2cc3ccccc3cc12. The fraction of sp³-hybridized carbons (Fsp3) is 0.333. The van der Waals surface area contributed by atoms with Crippen molar-refractivity contribution >= 4 is 71.7 Å². The van der Waals surface area contributed by atoms with E-state index in [4.69, 9.17) is 6.57 Å². The van der Waals surface area contributed by atoms with Crippen LogP contribution in [0, 0.1) is 6.57 Å². The molecule has 5 nitrogen and oxygen atoms in total. The third-order valence-corrected chi connectivity index (χ3v) is 11.7. The van der Waals surface area contributed by atoms with Crippen LogP contribution < -0.4 is 9.80 Å². The summed E-state index contributed by atoms with van der Waals surface area (Å²) in [4.78, 5) is 23.8. The van der Waals surface area contributed by atoms with Gasteiger partial charge in [0.25, 0.3) is 0 Å². The Hall–Kier alpha value is -5.69. The summed E-state index contributed by atoms with van der Waals surface area (Å²) in [5.74, 6) is 1.46. The molecule has 7 rings (SSSR count). The predicted molar refractivity (Wildman–Crippen MR) is 240 cm³/mol. The highest BCUT2D eigenvalue weighted by atomic mass is 16.1. The number of hydrogen-bond acceptors (Lipinski definition) is 3. The third-order valence-electron chi connectivity index (χ3n) is 11.7. The molecule has 1 aliphatic carbocycles. The van der Waals surface area contributed by atoms with Crippen molar-refractivity contribution in [3.8, 4) is 0 Å². The number of carbonyl (C=O) groups excluding carboxylic acids is 1. The molecule has 0 saturated carbocycles. The molecule has 0 aromatic heterocycles. The molecule has 6 aromatic carbocycles. The van der Waals surface area contributed by atoms with E-state index in [1.165, 1.54) is 11.4 Å². The molecular weight excluding hydrogens is 685 g/mol. The first-order valence-corrected chi connectivity index (χ1v) is 20.8. The fourth-order valence-electron chi connectivity index (χ4n) is 8.63. The topological polar surface area (TPSA) is 50.2 Å². The number of benzene rings is 6.